The third-order valence-corrected chi connectivity index (χ3v) is 7.64. The second-order valence-corrected chi connectivity index (χ2v) is 10.4. The number of methoxy groups -OCH3 is 1. The molecular weight excluding hydrogens is 468 g/mol. The van der Waals surface area contributed by atoms with Crippen LogP contribution in [0, 0.1) is 6.92 Å². The average molecular weight is 497 g/mol. The lowest BCUT2D eigenvalue weighted by Crippen LogP contribution is -2.44. The van der Waals surface area contributed by atoms with Crippen LogP contribution in [0.3, 0.4) is 0 Å². The topological polar surface area (TPSA) is 110 Å². The molecule has 1 N–H and O–H groups in total. The lowest BCUT2D eigenvalue weighted by atomic mass is 10.2. The number of likely N-dealkylation sites (N-methyl/N-ethyl adjacent to an activating group) is 1. The maximum Gasteiger partial charge on any atom is 0.265 e. The fourth-order valence-corrected chi connectivity index (χ4v) is 5.33. The highest BCUT2D eigenvalue weighted by molar-refractivity contribution is 7.92. The number of pyridine rings is 1. The Bertz CT molecular complexity index is 1490. The summed E-state index contributed by atoms with van der Waals surface area (Å²) in [5.74, 6) is 0.946. The summed E-state index contributed by atoms with van der Waals surface area (Å²) in [6.07, 6.45) is 6.27. The molecule has 1 saturated heterocycles. The molecule has 0 saturated carbocycles. The Labute approximate surface area is 204 Å². The number of aromatic nitrogens is 5. The largest absolute Gasteiger partial charge is 0.494 e. The third-order valence-electron chi connectivity index (χ3n) is 6.34. The molecule has 35 heavy (non-hydrogen) atoms. The van der Waals surface area contributed by atoms with Gasteiger partial charge in [-0.3, -0.25) is 9.40 Å². The molecular formula is C23H28N8O3S. The van der Waals surface area contributed by atoms with E-state index < -0.39 is 10.0 Å². The van der Waals surface area contributed by atoms with Gasteiger partial charge in [0, 0.05) is 38.6 Å². The summed E-state index contributed by atoms with van der Waals surface area (Å²) in [5.41, 5.74) is 3.09. The van der Waals surface area contributed by atoms with Crippen LogP contribution in [-0.2, 0) is 17.1 Å². The Kier molecular flexibility index (Phi) is 5.85. The van der Waals surface area contributed by atoms with Crippen LogP contribution in [0.4, 0.5) is 11.4 Å². The van der Waals surface area contributed by atoms with Crippen molar-refractivity contribution in [3.8, 4) is 11.6 Å². The monoisotopic (exact) mass is 496 g/mol. The maximum absolute atomic E-state index is 13.3. The molecule has 3 aromatic heterocycles. The van der Waals surface area contributed by atoms with Crippen molar-refractivity contribution in [3.63, 3.8) is 0 Å². The molecule has 0 amide bonds. The van der Waals surface area contributed by atoms with E-state index in [0.717, 1.165) is 42.8 Å². The number of rotatable bonds is 6. The molecule has 1 aromatic carbocycles. The van der Waals surface area contributed by atoms with Crippen molar-refractivity contribution in [3.05, 3.63) is 48.5 Å². The van der Waals surface area contributed by atoms with Gasteiger partial charge in [0.1, 0.15) is 16.3 Å². The normalized spacial score (nSPS) is 15.0. The van der Waals surface area contributed by atoms with Gasteiger partial charge in [-0.05, 0) is 37.7 Å². The van der Waals surface area contributed by atoms with Gasteiger partial charge < -0.3 is 14.5 Å². The SMILES string of the molecule is COc1ccc2cnn(C)c2c1NS(=O)(=O)c1cnn(-c2cc(C)c(N3CCN(C)CC3)cn2)c1. The van der Waals surface area contributed by atoms with E-state index in [1.807, 2.05) is 25.3 Å². The Morgan fingerprint density at radius 3 is 2.51 bits per heavy atom. The molecule has 11 nitrogen and oxygen atoms in total. The molecule has 0 atom stereocenters. The van der Waals surface area contributed by atoms with Gasteiger partial charge in [-0.1, -0.05) is 0 Å². The quantitative estimate of drug-likeness (QED) is 0.432. The van der Waals surface area contributed by atoms with Gasteiger partial charge in [0.2, 0.25) is 0 Å². The second-order valence-electron chi connectivity index (χ2n) is 8.69. The summed E-state index contributed by atoms with van der Waals surface area (Å²) in [7, 11) is 1.41. The zero-order chi connectivity index (χ0) is 24.7. The van der Waals surface area contributed by atoms with Crippen LogP contribution >= 0.6 is 0 Å². The van der Waals surface area contributed by atoms with E-state index in [1.165, 1.54) is 24.2 Å². The van der Waals surface area contributed by atoms with Crippen LogP contribution < -0.4 is 14.4 Å². The number of fused-ring (bicyclic) bond motifs is 1. The van der Waals surface area contributed by atoms with Gasteiger partial charge in [0.05, 0.1) is 43.1 Å². The number of ether oxygens (including phenoxy) is 1. The van der Waals surface area contributed by atoms with Crippen LogP contribution in [0.25, 0.3) is 16.7 Å². The smallest absolute Gasteiger partial charge is 0.265 e. The van der Waals surface area contributed by atoms with Crippen molar-refractivity contribution in [2.45, 2.75) is 11.8 Å². The Morgan fingerprint density at radius 1 is 1.03 bits per heavy atom. The Morgan fingerprint density at radius 2 is 1.80 bits per heavy atom. The highest BCUT2D eigenvalue weighted by atomic mass is 32.2. The summed E-state index contributed by atoms with van der Waals surface area (Å²) in [5, 5.41) is 9.29. The lowest BCUT2D eigenvalue weighted by molar-refractivity contribution is 0.312. The standard InChI is InChI=1S/C23H28N8O3S/c1-16-11-21(24-14-19(16)30-9-7-28(2)8-10-30)31-15-18(13-26-31)35(32,33)27-22-20(34-4)6-5-17-12-25-29(3)23(17)22/h5-6,11-15,27H,7-10H2,1-4H3. The number of aryl methyl sites for hydroxylation is 2. The first-order chi connectivity index (χ1) is 16.8. The number of sulfonamides is 1. The van der Waals surface area contributed by atoms with Gasteiger partial charge in [-0.25, -0.2) is 18.1 Å². The number of benzene rings is 1. The van der Waals surface area contributed by atoms with Crippen molar-refractivity contribution < 1.29 is 13.2 Å². The molecule has 184 valence electrons. The number of nitrogens with one attached hydrogen (secondary N) is 1. The number of hydrogen-bond acceptors (Lipinski definition) is 8. The van der Waals surface area contributed by atoms with Crippen LogP contribution in [-0.4, -0.2) is 78.2 Å². The molecule has 1 aliphatic rings. The van der Waals surface area contributed by atoms with E-state index in [0.29, 0.717) is 22.8 Å². The third kappa shape index (κ3) is 4.30. The van der Waals surface area contributed by atoms with Crippen LogP contribution in [0.15, 0.2) is 47.9 Å². The van der Waals surface area contributed by atoms with Gasteiger partial charge in [0.15, 0.2) is 5.82 Å². The van der Waals surface area contributed by atoms with Crippen LogP contribution in [0.1, 0.15) is 5.56 Å². The fourth-order valence-electron chi connectivity index (χ4n) is 4.32. The van der Waals surface area contributed by atoms with Crippen LogP contribution in [0.5, 0.6) is 5.75 Å². The first-order valence-electron chi connectivity index (χ1n) is 11.2. The molecule has 0 bridgehead atoms. The van der Waals surface area contributed by atoms with E-state index in [4.69, 9.17) is 4.74 Å². The molecule has 0 radical (unpaired) electrons. The summed E-state index contributed by atoms with van der Waals surface area (Å²) in [6, 6.07) is 5.46. The van der Waals surface area contributed by atoms with E-state index in [9.17, 15) is 8.42 Å². The minimum Gasteiger partial charge on any atom is -0.494 e. The summed E-state index contributed by atoms with van der Waals surface area (Å²) >= 11 is 0. The summed E-state index contributed by atoms with van der Waals surface area (Å²) in [4.78, 5) is 9.19. The highest BCUT2D eigenvalue weighted by Crippen LogP contribution is 2.34. The highest BCUT2D eigenvalue weighted by Gasteiger charge is 2.23. The Balaban J connectivity index is 1.42. The first kappa shape index (κ1) is 23.1. The Hall–Kier alpha value is -3.64. The van der Waals surface area contributed by atoms with Crippen molar-refractivity contribution in [2.24, 2.45) is 7.05 Å². The summed E-state index contributed by atoms with van der Waals surface area (Å²) < 4.78 is 37.7. The molecule has 4 heterocycles. The van der Waals surface area contributed by atoms with Gasteiger partial charge >= 0.3 is 0 Å². The predicted molar refractivity (Wildman–Crippen MR) is 134 cm³/mol. The number of hydrogen-bond donors (Lipinski definition) is 1. The molecule has 0 aliphatic carbocycles. The fraction of sp³-hybridized carbons (Fsp3) is 0.348. The predicted octanol–water partition coefficient (Wildman–Crippen LogP) is 2.02. The van der Waals surface area contributed by atoms with Crippen LogP contribution in [0.2, 0.25) is 0 Å². The number of anilines is 2. The molecule has 1 fully saturated rings. The van der Waals surface area contributed by atoms with Crippen molar-refractivity contribution in [1.29, 1.82) is 0 Å². The minimum atomic E-state index is -3.95. The van der Waals surface area contributed by atoms with E-state index in [2.05, 4.69) is 36.8 Å². The zero-order valence-corrected chi connectivity index (χ0v) is 20.9. The minimum absolute atomic E-state index is 0.0151. The van der Waals surface area contributed by atoms with E-state index in [1.54, 1.807) is 24.0 Å². The molecule has 5 rings (SSSR count). The van der Waals surface area contributed by atoms with Crippen molar-refractivity contribution in [2.75, 3.05) is 50.0 Å². The zero-order valence-electron chi connectivity index (χ0n) is 20.1. The van der Waals surface area contributed by atoms with Gasteiger partial charge in [-0.2, -0.15) is 10.2 Å². The van der Waals surface area contributed by atoms with Crippen molar-refractivity contribution >= 4 is 32.3 Å². The number of nitrogens with zero attached hydrogens (tertiary/aromatic N) is 7. The lowest BCUT2D eigenvalue weighted by Gasteiger charge is -2.34. The second kappa shape index (κ2) is 8.86. The molecule has 0 unspecified atom stereocenters. The molecule has 12 heteroatoms. The number of piperazine rings is 1. The van der Waals surface area contributed by atoms with Gasteiger partial charge in [-0.15, -0.1) is 0 Å². The maximum atomic E-state index is 13.3. The summed E-state index contributed by atoms with van der Waals surface area (Å²) in [6.45, 7) is 5.93. The van der Waals surface area contributed by atoms with E-state index >= 15 is 0 Å². The molecule has 1 aliphatic heterocycles. The molecule has 4 aromatic rings. The van der Waals surface area contributed by atoms with Gasteiger partial charge in [0.25, 0.3) is 10.0 Å². The average Bonchev–Trinajstić information content (AvgIpc) is 3.48. The van der Waals surface area contributed by atoms with Crippen molar-refractivity contribution in [1.82, 2.24) is 29.4 Å². The first-order valence-corrected chi connectivity index (χ1v) is 12.7. The van der Waals surface area contributed by atoms with E-state index in [-0.39, 0.29) is 4.90 Å². The molecule has 0 spiro atoms.